The molecule has 14 nitrogen and oxygen atoms in total. The quantitative estimate of drug-likeness (QED) is 0.152. The van der Waals surface area contributed by atoms with Gasteiger partial charge in [-0.2, -0.15) is 80.4 Å². The standard InChI is InChI=1S/C16H9F9N4O2.C15H7F9N4O2.C2H4O2.BrH/c1-31-9-2-10-27-12(15(20,21)22)11(13(30)29(10)5-8(9)17)7-3-26-28(4-7)6-14(18,19)16(23,24)25;16-7-4-28-9(1-8(7)29)26-11(14(19,20)21)10(12(28)30)6-2-25-27(3-6)5-13(17,18)15(22,23)24;1-2(3)4;/h2-5H,6H2,1H3;1-4,26H,5H2;1H3,(H,3,4);1H. The highest BCUT2D eigenvalue weighted by Crippen LogP contribution is 2.40. The lowest BCUT2D eigenvalue weighted by molar-refractivity contribution is -0.287. The topological polar surface area (TPSA) is 171 Å². The van der Waals surface area contributed by atoms with Gasteiger partial charge in [-0.1, -0.05) is 0 Å². The molecule has 6 rings (SSSR count). The summed E-state index contributed by atoms with van der Waals surface area (Å²) in [6, 6.07) is 1.12. The van der Waals surface area contributed by atoms with Gasteiger partial charge in [0.05, 0.1) is 43.0 Å². The molecule has 0 aliphatic carbocycles. The minimum atomic E-state index is -5.94. The monoisotopic (exact) mass is 1050 g/mol. The van der Waals surface area contributed by atoms with Crippen molar-refractivity contribution in [3.63, 3.8) is 0 Å². The van der Waals surface area contributed by atoms with Crippen LogP contribution in [-0.4, -0.2) is 80.7 Å². The number of carboxylic acid groups (broad SMARTS) is 1. The second-order valence-electron chi connectivity index (χ2n) is 12.8. The Morgan fingerprint density at radius 2 is 1.12 bits per heavy atom. The highest BCUT2D eigenvalue weighted by molar-refractivity contribution is 8.93. The molecule has 362 valence electrons. The van der Waals surface area contributed by atoms with E-state index in [0.29, 0.717) is 52.0 Å². The zero-order valence-corrected chi connectivity index (χ0v) is 33.6. The normalized spacial score (nSPS) is 12.5. The van der Waals surface area contributed by atoms with Crippen LogP contribution in [0.5, 0.6) is 5.75 Å². The fourth-order valence-electron chi connectivity index (χ4n) is 5.18. The highest BCUT2D eigenvalue weighted by atomic mass is 79.9. The number of carbonyl (C=O) groups is 1. The Kier molecular flexibility index (Phi) is 15.3. The van der Waals surface area contributed by atoms with Crippen LogP contribution in [0.2, 0.25) is 0 Å². The number of aliphatic carboxylic acids is 1. The van der Waals surface area contributed by atoms with Crippen molar-refractivity contribution in [3.8, 4) is 28.0 Å². The molecule has 0 aliphatic rings. The molecule has 66 heavy (non-hydrogen) atoms. The molecule has 6 aromatic heterocycles. The number of rotatable bonds is 7. The molecule has 0 saturated carbocycles. The molecule has 0 atom stereocenters. The van der Waals surface area contributed by atoms with E-state index in [1.807, 2.05) is 0 Å². The molecule has 0 unspecified atom stereocenters. The number of aromatic amines is 1. The summed E-state index contributed by atoms with van der Waals surface area (Å²) in [6.07, 6.45) is -19.8. The van der Waals surface area contributed by atoms with Gasteiger partial charge in [-0.15, -0.1) is 17.0 Å². The van der Waals surface area contributed by atoms with Crippen molar-refractivity contribution in [1.29, 1.82) is 0 Å². The number of nitrogens with one attached hydrogen (secondary N) is 1. The summed E-state index contributed by atoms with van der Waals surface area (Å²) in [5, 5.41) is 13.7. The Labute approximate surface area is 361 Å². The third-order valence-corrected chi connectivity index (χ3v) is 7.99. The molecule has 0 saturated heterocycles. The van der Waals surface area contributed by atoms with Gasteiger partial charge in [-0.3, -0.25) is 37.3 Å². The molecule has 2 N–H and O–H groups in total. The molecular formula is C33H21BrF18N8O6. The Morgan fingerprint density at radius 1 is 0.682 bits per heavy atom. The molecule has 6 heterocycles. The third-order valence-electron chi connectivity index (χ3n) is 7.99. The number of alkyl halides is 16. The summed E-state index contributed by atoms with van der Waals surface area (Å²) in [6.45, 7) is -3.00. The maximum Gasteiger partial charge on any atom is 0.455 e. The number of hydrogen-bond acceptors (Lipinski definition) is 8. The zero-order chi connectivity index (χ0) is 49.6. The molecule has 0 spiro atoms. The number of nitrogens with zero attached hydrogens (tertiary/aromatic N) is 7. The first-order chi connectivity index (χ1) is 29.5. The van der Waals surface area contributed by atoms with Crippen LogP contribution in [0.15, 0.2) is 63.7 Å². The average Bonchev–Trinajstić information content (AvgIpc) is 3.79. The van der Waals surface area contributed by atoms with Crippen molar-refractivity contribution in [2.24, 2.45) is 0 Å². The first-order valence-electron chi connectivity index (χ1n) is 16.6. The molecule has 0 aromatic carbocycles. The molecule has 0 amide bonds. The third kappa shape index (κ3) is 11.6. The van der Waals surface area contributed by atoms with Crippen LogP contribution in [0.1, 0.15) is 18.3 Å². The van der Waals surface area contributed by atoms with Gasteiger partial charge in [0, 0.05) is 42.6 Å². The number of ether oxygens (including phenoxy) is 1. The van der Waals surface area contributed by atoms with Gasteiger partial charge in [0.1, 0.15) is 30.1 Å². The van der Waals surface area contributed by atoms with Gasteiger partial charge < -0.3 is 14.8 Å². The summed E-state index contributed by atoms with van der Waals surface area (Å²) < 4.78 is 240. The van der Waals surface area contributed by atoms with Crippen LogP contribution in [0.25, 0.3) is 33.5 Å². The van der Waals surface area contributed by atoms with Gasteiger partial charge in [0.15, 0.2) is 23.1 Å². The first-order valence-corrected chi connectivity index (χ1v) is 16.6. The molecule has 0 fully saturated rings. The number of methoxy groups -OCH3 is 1. The van der Waals surface area contributed by atoms with Gasteiger partial charge in [0.2, 0.25) is 5.43 Å². The van der Waals surface area contributed by atoms with Crippen molar-refractivity contribution >= 4 is 34.2 Å². The molecule has 0 aliphatic heterocycles. The van der Waals surface area contributed by atoms with E-state index in [1.54, 1.807) is 4.98 Å². The van der Waals surface area contributed by atoms with Crippen LogP contribution in [-0.2, 0) is 30.2 Å². The van der Waals surface area contributed by atoms with Crippen molar-refractivity contribution in [3.05, 3.63) is 103 Å². The SMILES string of the molecule is Br.CC(=O)O.COc1cc2nc(C(F)(F)F)c(-c3cnn(CC(F)(F)C(F)(F)F)c3)c(=O)n2cc1F.O=c1cc2[nH]c(C(F)(F)F)c(-c3cnn(CC(F)(F)C(F)(F)F)c3)c(=O)n2cc1F. The summed E-state index contributed by atoms with van der Waals surface area (Å²) in [5.41, 5.74) is -13.1. The molecular weight excluding hydrogens is 1030 g/mol. The summed E-state index contributed by atoms with van der Waals surface area (Å²) in [5.74, 6) is -14.4. The van der Waals surface area contributed by atoms with Gasteiger partial charge in [0.25, 0.3) is 17.1 Å². The smallest absolute Gasteiger partial charge is 0.455 e. The van der Waals surface area contributed by atoms with E-state index in [2.05, 4.69) is 19.9 Å². The summed E-state index contributed by atoms with van der Waals surface area (Å²) >= 11 is 0. The van der Waals surface area contributed by atoms with E-state index in [9.17, 15) is 93.4 Å². The minimum Gasteiger partial charge on any atom is -0.493 e. The van der Waals surface area contributed by atoms with E-state index in [1.165, 1.54) is 0 Å². The Hall–Kier alpha value is -6.57. The second-order valence-corrected chi connectivity index (χ2v) is 12.8. The molecule has 0 bridgehead atoms. The maximum atomic E-state index is 13.9. The Balaban J connectivity index is 0.000000320. The molecule has 0 radical (unpaired) electrons. The largest absolute Gasteiger partial charge is 0.493 e. The summed E-state index contributed by atoms with van der Waals surface area (Å²) in [7, 11) is 1.02. The lowest BCUT2D eigenvalue weighted by atomic mass is 10.1. The highest BCUT2D eigenvalue weighted by Gasteiger charge is 2.58. The van der Waals surface area contributed by atoms with E-state index in [0.717, 1.165) is 20.1 Å². The lowest BCUT2D eigenvalue weighted by Gasteiger charge is -2.19. The number of carboxylic acids is 1. The van der Waals surface area contributed by atoms with Crippen molar-refractivity contribution in [1.82, 2.24) is 38.3 Å². The molecule has 33 heteroatoms. The number of aromatic nitrogens is 8. The fraction of sp³-hybridized carbons (Fsp3) is 0.303. The number of pyridine rings is 2. The van der Waals surface area contributed by atoms with Crippen LogP contribution >= 0.6 is 17.0 Å². The average molecular weight is 1050 g/mol. The first kappa shape index (κ1) is 53.8. The van der Waals surface area contributed by atoms with Crippen molar-refractivity contribution < 1.29 is 93.7 Å². The van der Waals surface area contributed by atoms with Crippen molar-refractivity contribution in [2.75, 3.05) is 7.11 Å². The molecule has 6 aromatic rings. The number of hydrogen-bond donors (Lipinski definition) is 2. The predicted octanol–water partition coefficient (Wildman–Crippen LogP) is 7.80. The number of fused-ring (bicyclic) bond motifs is 2. The maximum absolute atomic E-state index is 13.9. The lowest BCUT2D eigenvalue weighted by Crippen LogP contribution is -2.40. The number of halogens is 19. The van der Waals surface area contributed by atoms with Crippen LogP contribution in [0.3, 0.4) is 0 Å². The number of H-pyrrole nitrogens is 1. The summed E-state index contributed by atoms with van der Waals surface area (Å²) in [4.78, 5) is 50.5. The van der Waals surface area contributed by atoms with Gasteiger partial charge in [-0.25, -0.2) is 13.8 Å². The van der Waals surface area contributed by atoms with Crippen molar-refractivity contribution in [2.45, 2.75) is 56.6 Å². The zero-order valence-electron chi connectivity index (χ0n) is 31.9. The second kappa shape index (κ2) is 18.7. The van der Waals surface area contributed by atoms with Crippen LogP contribution < -0.4 is 21.3 Å². The fourth-order valence-corrected chi connectivity index (χ4v) is 5.18. The Morgan fingerprint density at radius 3 is 1.55 bits per heavy atom. The van der Waals surface area contributed by atoms with Crippen LogP contribution in [0.4, 0.5) is 79.0 Å². The van der Waals surface area contributed by atoms with E-state index in [-0.39, 0.29) is 26.3 Å². The minimum absolute atomic E-state index is 0. The Bertz CT molecular complexity index is 2930. The van der Waals surface area contributed by atoms with Gasteiger partial charge in [-0.05, 0) is 0 Å². The van der Waals surface area contributed by atoms with E-state index >= 15 is 0 Å². The van der Waals surface area contributed by atoms with Crippen LogP contribution in [0, 0.1) is 11.6 Å². The van der Waals surface area contributed by atoms with Gasteiger partial charge >= 0.3 is 36.6 Å². The predicted molar refractivity (Wildman–Crippen MR) is 190 cm³/mol. The van der Waals surface area contributed by atoms with E-state index < -0.39 is 134 Å². The van der Waals surface area contributed by atoms with E-state index in [4.69, 9.17) is 9.90 Å².